The molecule has 0 saturated carbocycles. The van der Waals surface area contributed by atoms with Crippen LogP contribution < -0.4 is 4.74 Å². The summed E-state index contributed by atoms with van der Waals surface area (Å²) in [6, 6.07) is 8.66. The Morgan fingerprint density at radius 2 is 2.05 bits per heavy atom. The molecule has 4 aromatic heterocycles. The first-order chi connectivity index (χ1) is 19.6. The number of hydrogen-bond acceptors (Lipinski definition) is 8. The number of carbonyl (C=O) groups is 1. The maximum atomic E-state index is 14.4. The molecule has 1 N–H and O–H groups in total. The summed E-state index contributed by atoms with van der Waals surface area (Å²) in [7, 11) is 1.60. The highest BCUT2D eigenvalue weighted by atomic mass is 32.1. The molecule has 5 heterocycles. The predicted molar refractivity (Wildman–Crippen MR) is 152 cm³/mol. The van der Waals surface area contributed by atoms with Gasteiger partial charge in [0.2, 0.25) is 0 Å². The van der Waals surface area contributed by atoms with E-state index in [1.807, 2.05) is 29.1 Å². The minimum atomic E-state index is -0.389. The van der Waals surface area contributed by atoms with Crippen molar-refractivity contribution in [2.45, 2.75) is 20.0 Å². The third kappa shape index (κ3) is 4.78. The number of hydrogen-bond donors (Lipinski definition) is 1. The Hall–Kier alpha value is -4.35. The smallest absolute Gasteiger partial charge is 0.144 e. The summed E-state index contributed by atoms with van der Waals surface area (Å²) in [5.41, 5.74) is 6.55. The van der Waals surface area contributed by atoms with Crippen LogP contribution in [0.25, 0.3) is 43.9 Å². The number of halogens is 1. The van der Waals surface area contributed by atoms with Crippen molar-refractivity contribution >= 4 is 27.7 Å². The molecule has 9 nitrogen and oxygen atoms in total. The van der Waals surface area contributed by atoms with Crippen LogP contribution in [0, 0.1) is 12.7 Å². The zero-order chi connectivity index (χ0) is 27.6. The monoisotopic (exact) mass is 558 g/mol. The molecule has 1 aliphatic heterocycles. The van der Waals surface area contributed by atoms with Crippen molar-refractivity contribution in [1.82, 2.24) is 29.9 Å². The number of aromatic nitrogens is 5. The zero-order valence-electron chi connectivity index (χ0n) is 22.1. The molecule has 0 spiro atoms. The molecule has 0 aliphatic carbocycles. The lowest BCUT2D eigenvalue weighted by Crippen LogP contribution is -2.29. The molecule has 40 heavy (non-hydrogen) atoms. The first-order valence-corrected chi connectivity index (χ1v) is 13.7. The number of aryl methyl sites for hydroxylation is 1. The van der Waals surface area contributed by atoms with Crippen molar-refractivity contribution in [1.29, 1.82) is 0 Å². The fourth-order valence-electron chi connectivity index (χ4n) is 5.00. The molecule has 11 heteroatoms. The van der Waals surface area contributed by atoms with E-state index in [0.717, 1.165) is 56.7 Å². The van der Waals surface area contributed by atoms with Gasteiger partial charge in [-0.3, -0.25) is 14.6 Å². The Labute approximate surface area is 233 Å². The summed E-state index contributed by atoms with van der Waals surface area (Å²) in [4.78, 5) is 18.1. The van der Waals surface area contributed by atoms with E-state index in [9.17, 15) is 9.18 Å². The van der Waals surface area contributed by atoms with Gasteiger partial charge in [-0.15, -0.1) is 11.3 Å². The van der Waals surface area contributed by atoms with E-state index in [2.05, 4.69) is 15.1 Å². The van der Waals surface area contributed by atoms with Crippen LogP contribution in [0.3, 0.4) is 0 Å². The van der Waals surface area contributed by atoms with Gasteiger partial charge in [-0.05, 0) is 42.6 Å². The first kappa shape index (κ1) is 25.9. The van der Waals surface area contributed by atoms with Crippen LogP contribution in [0.4, 0.5) is 4.39 Å². The second-order valence-corrected chi connectivity index (χ2v) is 10.3. The van der Waals surface area contributed by atoms with Crippen LogP contribution in [-0.2, 0) is 22.6 Å². The summed E-state index contributed by atoms with van der Waals surface area (Å²) in [6.45, 7) is 4.63. The van der Waals surface area contributed by atoms with Crippen molar-refractivity contribution in [2.24, 2.45) is 0 Å². The molecule has 0 fully saturated rings. The molecule has 6 rings (SSSR count). The van der Waals surface area contributed by atoms with E-state index < -0.39 is 0 Å². The lowest BCUT2D eigenvalue weighted by Gasteiger charge is -2.25. The second kappa shape index (κ2) is 11.0. The van der Waals surface area contributed by atoms with E-state index in [-0.39, 0.29) is 12.4 Å². The molecule has 0 bridgehead atoms. The maximum Gasteiger partial charge on any atom is 0.144 e. The molecule has 0 unspecified atom stereocenters. The van der Waals surface area contributed by atoms with Crippen LogP contribution in [-0.4, -0.2) is 63.0 Å². The molecular weight excluding hydrogens is 531 g/mol. The van der Waals surface area contributed by atoms with Gasteiger partial charge >= 0.3 is 0 Å². The predicted octanol–water partition coefficient (Wildman–Crippen LogP) is 5.22. The lowest BCUT2D eigenvalue weighted by atomic mass is 9.97. The summed E-state index contributed by atoms with van der Waals surface area (Å²) in [6.07, 6.45) is 5.85. The minimum Gasteiger partial charge on any atom is -0.490 e. The number of nitrogens with one attached hydrogen (secondary N) is 1. The molecule has 204 valence electrons. The zero-order valence-corrected chi connectivity index (χ0v) is 22.9. The highest BCUT2D eigenvalue weighted by Crippen LogP contribution is 2.46. The van der Waals surface area contributed by atoms with Gasteiger partial charge in [0.1, 0.15) is 35.8 Å². The SMILES string of the molecule is COCCOc1cc(F)ccc1-c1c(-c2cc3n(n2)CCN(C=CC=O)C3)nc(-c2cn[nH]c2C)c2ccsc12. The van der Waals surface area contributed by atoms with E-state index in [0.29, 0.717) is 36.8 Å². The molecule has 0 radical (unpaired) electrons. The highest BCUT2D eigenvalue weighted by molar-refractivity contribution is 7.18. The van der Waals surface area contributed by atoms with E-state index >= 15 is 0 Å². The number of benzene rings is 1. The molecule has 0 atom stereocenters. The third-order valence-corrected chi connectivity index (χ3v) is 7.83. The molecular formula is C29H27FN6O3S. The molecule has 0 amide bonds. The van der Waals surface area contributed by atoms with Gasteiger partial charge in [-0.2, -0.15) is 10.2 Å². The normalized spacial score (nSPS) is 13.3. The van der Waals surface area contributed by atoms with E-state index in [1.54, 1.807) is 36.9 Å². The summed E-state index contributed by atoms with van der Waals surface area (Å²) in [5, 5.41) is 15.2. The van der Waals surface area contributed by atoms with Crippen LogP contribution in [0.15, 0.2) is 54.2 Å². The van der Waals surface area contributed by atoms with Crippen LogP contribution in [0.5, 0.6) is 5.75 Å². The van der Waals surface area contributed by atoms with Gasteiger partial charge < -0.3 is 14.4 Å². The summed E-state index contributed by atoms with van der Waals surface area (Å²) < 4.78 is 28.6. The van der Waals surface area contributed by atoms with Crippen molar-refractivity contribution in [3.05, 3.63) is 71.4 Å². The second-order valence-electron chi connectivity index (χ2n) is 9.43. The van der Waals surface area contributed by atoms with Crippen molar-refractivity contribution in [3.63, 3.8) is 0 Å². The van der Waals surface area contributed by atoms with Gasteiger partial charge in [-0.1, -0.05) is 0 Å². The van der Waals surface area contributed by atoms with Gasteiger partial charge in [0.05, 0.1) is 37.3 Å². The lowest BCUT2D eigenvalue weighted by molar-refractivity contribution is -0.104. The average molecular weight is 559 g/mol. The van der Waals surface area contributed by atoms with E-state index in [1.165, 1.54) is 18.2 Å². The van der Waals surface area contributed by atoms with Crippen molar-refractivity contribution < 1.29 is 18.7 Å². The number of H-pyrrole nitrogens is 1. The number of aromatic amines is 1. The van der Waals surface area contributed by atoms with Gasteiger partial charge in [-0.25, -0.2) is 9.37 Å². The first-order valence-electron chi connectivity index (χ1n) is 12.8. The highest BCUT2D eigenvalue weighted by Gasteiger charge is 2.26. The fourth-order valence-corrected chi connectivity index (χ4v) is 5.95. The van der Waals surface area contributed by atoms with Gasteiger partial charge in [0, 0.05) is 58.4 Å². The van der Waals surface area contributed by atoms with Gasteiger partial charge in [0.15, 0.2) is 0 Å². The number of aldehydes is 1. The number of allylic oxidation sites excluding steroid dienone is 1. The Morgan fingerprint density at radius 1 is 1.15 bits per heavy atom. The molecule has 5 aromatic rings. The van der Waals surface area contributed by atoms with Crippen molar-refractivity contribution in [2.75, 3.05) is 26.9 Å². The number of fused-ring (bicyclic) bond motifs is 2. The number of rotatable bonds is 9. The number of thiophene rings is 1. The number of carbonyl (C=O) groups excluding carboxylic acids is 1. The fraction of sp³-hybridized carbons (Fsp3) is 0.241. The van der Waals surface area contributed by atoms with E-state index in [4.69, 9.17) is 19.6 Å². The summed E-state index contributed by atoms with van der Waals surface area (Å²) in [5.74, 6) is 0.0239. The minimum absolute atomic E-state index is 0.276. The maximum absolute atomic E-state index is 14.4. The Balaban J connectivity index is 1.58. The standard InChI is InChI=1S/C29H27FN6O3S/c1-18-23(16-31-33-18)27-22-6-13-40-29(22)26(21-5-4-19(30)14-25(21)39-12-11-38-2)28(32-27)24-15-20-17-35(7-3-10-37)8-9-36(20)34-24/h3-7,10,13-16H,8-9,11-12,17H2,1-2H3,(H,31,33). The van der Waals surface area contributed by atoms with Gasteiger partial charge in [0.25, 0.3) is 0 Å². The number of methoxy groups -OCH3 is 1. The third-order valence-electron chi connectivity index (χ3n) is 6.90. The number of pyridine rings is 1. The average Bonchev–Trinajstić information content (AvgIpc) is 3.71. The quantitative estimate of drug-likeness (QED) is 0.151. The number of ether oxygens (including phenoxy) is 2. The largest absolute Gasteiger partial charge is 0.490 e. The molecule has 1 aliphatic rings. The Morgan fingerprint density at radius 3 is 2.85 bits per heavy atom. The Bertz CT molecular complexity index is 1720. The van der Waals surface area contributed by atoms with Crippen LogP contribution in [0.1, 0.15) is 11.4 Å². The molecule has 0 saturated heterocycles. The summed E-state index contributed by atoms with van der Waals surface area (Å²) >= 11 is 1.59. The molecule has 1 aromatic carbocycles. The van der Waals surface area contributed by atoms with Crippen molar-refractivity contribution in [3.8, 4) is 39.5 Å². The topological polar surface area (TPSA) is 98.2 Å². The van der Waals surface area contributed by atoms with Crippen LogP contribution in [0.2, 0.25) is 0 Å². The number of nitrogens with zero attached hydrogens (tertiary/aromatic N) is 5. The Kier molecular flexibility index (Phi) is 7.14. The van der Waals surface area contributed by atoms with Crippen LogP contribution >= 0.6 is 11.3 Å².